The van der Waals surface area contributed by atoms with Gasteiger partial charge >= 0.3 is 0 Å². The van der Waals surface area contributed by atoms with Gasteiger partial charge in [-0.05, 0) is 36.1 Å². The summed E-state index contributed by atoms with van der Waals surface area (Å²) in [7, 11) is 0. The third-order valence-corrected chi connectivity index (χ3v) is 5.71. The van der Waals surface area contributed by atoms with Gasteiger partial charge in [0.15, 0.2) is 6.29 Å². The van der Waals surface area contributed by atoms with Crippen LogP contribution < -0.4 is 0 Å². The molecule has 5 nitrogen and oxygen atoms in total. The lowest BCUT2D eigenvalue weighted by Crippen LogP contribution is -2.50. The molecule has 2 aliphatic rings. The molecule has 1 aromatic heterocycles. The Morgan fingerprint density at radius 1 is 1.07 bits per heavy atom. The number of carbonyl (C=O) groups is 1. The molecule has 27 heavy (non-hydrogen) atoms. The minimum absolute atomic E-state index is 0.0173. The van der Waals surface area contributed by atoms with E-state index in [9.17, 15) is 4.79 Å². The molecular formula is C22H23NO4. The van der Waals surface area contributed by atoms with Crippen LogP contribution in [0.15, 0.2) is 47.1 Å². The predicted molar refractivity (Wildman–Crippen MR) is 102 cm³/mol. The Labute approximate surface area is 157 Å². The molecular weight excluding hydrogens is 342 g/mol. The van der Waals surface area contributed by atoms with E-state index in [1.54, 1.807) is 6.26 Å². The zero-order chi connectivity index (χ0) is 18.2. The van der Waals surface area contributed by atoms with Gasteiger partial charge in [0.1, 0.15) is 5.58 Å². The molecule has 1 amide bonds. The van der Waals surface area contributed by atoms with Crippen molar-refractivity contribution in [3.05, 3.63) is 48.2 Å². The van der Waals surface area contributed by atoms with E-state index in [1.165, 1.54) is 0 Å². The standard InChI is InChI=1S/C22H23NO4/c24-20(23-10-4-3-7-18(23)22-25-11-12-26-22)13-16-14-27-19-9-8-15-5-1-2-6-17(15)21(16)19/h1-2,5-6,8-9,14,18,22H,3-4,7,10-13H2. The molecule has 2 aromatic carbocycles. The average Bonchev–Trinajstić information content (AvgIpc) is 3.38. The lowest BCUT2D eigenvalue weighted by molar-refractivity contribution is -0.149. The number of amides is 1. The number of nitrogens with zero attached hydrogens (tertiary/aromatic N) is 1. The lowest BCUT2D eigenvalue weighted by atomic mass is 9.99. The first kappa shape index (κ1) is 16.8. The van der Waals surface area contributed by atoms with Crippen molar-refractivity contribution in [2.45, 2.75) is 38.0 Å². The largest absolute Gasteiger partial charge is 0.464 e. The first-order valence-corrected chi connectivity index (χ1v) is 9.72. The zero-order valence-corrected chi connectivity index (χ0v) is 15.2. The van der Waals surface area contributed by atoms with Crippen molar-refractivity contribution < 1.29 is 18.7 Å². The Kier molecular flexibility index (Phi) is 4.34. The summed E-state index contributed by atoms with van der Waals surface area (Å²) >= 11 is 0. The van der Waals surface area contributed by atoms with Crippen molar-refractivity contribution in [3.8, 4) is 0 Å². The van der Waals surface area contributed by atoms with Crippen LogP contribution in [0.3, 0.4) is 0 Å². The van der Waals surface area contributed by atoms with E-state index < -0.39 is 0 Å². The minimum atomic E-state index is -0.281. The monoisotopic (exact) mass is 365 g/mol. The number of likely N-dealkylation sites (tertiary alicyclic amines) is 1. The second-order valence-corrected chi connectivity index (χ2v) is 7.36. The Hall–Kier alpha value is -2.37. The SMILES string of the molecule is O=C(Cc1coc2ccc3ccccc3c12)N1CCCCC1C1OCCO1. The van der Waals surface area contributed by atoms with E-state index in [0.717, 1.165) is 53.1 Å². The zero-order valence-electron chi connectivity index (χ0n) is 15.2. The smallest absolute Gasteiger partial charge is 0.227 e. The van der Waals surface area contributed by atoms with Crippen LogP contribution in [0.4, 0.5) is 0 Å². The van der Waals surface area contributed by atoms with Gasteiger partial charge in [-0.3, -0.25) is 4.79 Å². The topological polar surface area (TPSA) is 51.9 Å². The number of hydrogen-bond acceptors (Lipinski definition) is 4. The van der Waals surface area contributed by atoms with Gasteiger partial charge in [0, 0.05) is 17.5 Å². The predicted octanol–water partition coefficient (Wildman–Crippen LogP) is 3.88. The molecule has 0 saturated carbocycles. The first-order chi connectivity index (χ1) is 13.3. The molecule has 140 valence electrons. The van der Waals surface area contributed by atoms with Crippen molar-refractivity contribution in [1.82, 2.24) is 4.90 Å². The summed E-state index contributed by atoms with van der Waals surface area (Å²) in [5.74, 6) is 0.120. The lowest BCUT2D eigenvalue weighted by Gasteiger charge is -2.38. The maximum atomic E-state index is 13.2. The third kappa shape index (κ3) is 3.01. The minimum Gasteiger partial charge on any atom is -0.464 e. The Morgan fingerprint density at radius 2 is 1.93 bits per heavy atom. The highest BCUT2D eigenvalue weighted by Crippen LogP contribution is 2.31. The summed E-state index contributed by atoms with van der Waals surface area (Å²) in [5.41, 5.74) is 1.78. The summed E-state index contributed by atoms with van der Waals surface area (Å²) < 4.78 is 17.2. The van der Waals surface area contributed by atoms with Crippen LogP contribution in [0.5, 0.6) is 0 Å². The molecule has 2 saturated heterocycles. The number of piperidine rings is 1. The molecule has 0 spiro atoms. The molecule has 3 heterocycles. The van der Waals surface area contributed by atoms with Gasteiger partial charge in [-0.15, -0.1) is 0 Å². The summed E-state index contributed by atoms with van der Waals surface area (Å²) in [6.45, 7) is 1.99. The third-order valence-electron chi connectivity index (χ3n) is 5.71. The number of ether oxygens (including phenoxy) is 2. The van der Waals surface area contributed by atoms with Crippen LogP contribution in [0, 0.1) is 0 Å². The van der Waals surface area contributed by atoms with E-state index in [0.29, 0.717) is 19.6 Å². The molecule has 0 aliphatic carbocycles. The van der Waals surface area contributed by atoms with Gasteiger partial charge in [0.25, 0.3) is 0 Å². The molecule has 1 atom stereocenters. The Morgan fingerprint density at radius 3 is 2.81 bits per heavy atom. The number of rotatable bonds is 3. The summed E-state index contributed by atoms with van der Waals surface area (Å²) in [4.78, 5) is 15.1. The number of carbonyl (C=O) groups excluding carboxylic acids is 1. The highest BCUT2D eigenvalue weighted by atomic mass is 16.7. The summed E-state index contributed by atoms with van der Waals surface area (Å²) in [5, 5.41) is 3.33. The molecule has 3 aromatic rings. The molecule has 0 bridgehead atoms. The number of benzene rings is 2. The maximum absolute atomic E-state index is 13.2. The van der Waals surface area contributed by atoms with E-state index >= 15 is 0 Å². The van der Waals surface area contributed by atoms with Crippen molar-refractivity contribution in [3.63, 3.8) is 0 Å². The summed E-state index contributed by atoms with van der Waals surface area (Å²) in [6, 6.07) is 12.3. The molecule has 5 rings (SSSR count). The van der Waals surface area contributed by atoms with E-state index in [2.05, 4.69) is 18.2 Å². The second kappa shape index (κ2) is 6.98. The Bertz CT molecular complexity index is 973. The second-order valence-electron chi connectivity index (χ2n) is 7.36. The van der Waals surface area contributed by atoms with Crippen LogP contribution in [0.2, 0.25) is 0 Å². The maximum Gasteiger partial charge on any atom is 0.227 e. The first-order valence-electron chi connectivity index (χ1n) is 9.72. The van der Waals surface area contributed by atoms with Gasteiger partial charge < -0.3 is 18.8 Å². The van der Waals surface area contributed by atoms with Gasteiger partial charge in [0.05, 0.1) is 31.9 Å². The van der Waals surface area contributed by atoms with Crippen LogP contribution in [-0.4, -0.2) is 42.9 Å². The molecule has 0 radical (unpaired) electrons. The van der Waals surface area contributed by atoms with Gasteiger partial charge in [-0.1, -0.05) is 30.3 Å². The normalized spacial score (nSPS) is 21.3. The van der Waals surface area contributed by atoms with Gasteiger partial charge in [0.2, 0.25) is 5.91 Å². The molecule has 5 heteroatoms. The molecule has 2 aliphatic heterocycles. The Balaban J connectivity index is 1.45. The van der Waals surface area contributed by atoms with E-state index in [4.69, 9.17) is 13.9 Å². The van der Waals surface area contributed by atoms with Crippen LogP contribution in [0.25, 0.3) is 21.7 Å². The van der Waals surface area contributed by atoms with Crippen molar-refractivity contribution in [1.29, 1.82) is 0 Å². The van der Waals surface area contributed by atoms with Crippen molar-refractivity contribution in [2.75, 3.05) is 19.8 Å². The number of hydrogen-bond donors (Lipinski definition) is 0. The number of fused-ring (bicyclic) bond motifs is 3. The molecule has 2 fully saturated rings. The molecule has 0 N–H and O–H groups in total. The van der Waals surface area contributed by atoms with Gasteiger partial charge in [-0.2, -0.15) is 0 Å². The van der Waals surface area contributed by atoms with Crippen LogP contribution in [-0.2, 0) is 20.7 Å². The van der Waals surface area contributed by atoms with Crippen molar-refractivity contribution in [2.24, 2.45) is 0 Å². The highest BCUT2D eigenvalue weighted by molar-refractivity contribution is 6.08. The fourth-order valence-corrected chi connectivity index (χ4v) is 4.42. The molecule has 1 unspecified atom stereocenters. The van der Waals surface area contributed by atoms with E-state index in [1.807, 2.05) is 23.1 Å². The van der Waals surface area contributed by atoms with Crippen LogP contribution in [0.1, 0.15) is 24.8 Å². The van der Waals surface area contributed by atoms with Crippen molar-refractivity contribution >= 4 is 27.6 Å². The van der Waals surface area contributed by atoms with Gasteiger partial charge in [-0.25, -0.2) is 0 Å². The highest BCUT2D eigenvalue weighted by Gasteiger charge is 2.36. The number of furan rings is 1. The fourth-order valence-electron chi connectivity index (χ4n) is 4.42. The van der Waals surface area contributed by atoms with Crippen LogP contribution >= 0.6 is 0 Å². The average molecular weight is 365 g/mol. The van der Waals surface area contributed by atoms with E-state index in [-0.39, 0.29) is 18.2 Å². The summed E-state index contributed by atoms with van der Waals surface area (Å²) in [6.07, 6.45) is 4.86. The quantitative estimate of drug-likeness (QED) is 0.707. The fraction of sp³-hybridized carbons (Fsp3) is 0.409.